The Balaban J connectivity index is 1.62. The molecule has 0 aliphatic carbocycles. The van der Waals surface area contributed by atoms with Gasteiger partial charge in [0.15, 0.2) is 0 Å². The number of hydrogen-bond donors (Lipinski definition) is 0. The van der Waals surface area contributed by atoms with Crippen LogP contribution in [0.1, 0.15) is 37.0 Å². The fourth-order valence-electron chi connectivity index (χ4n) is 3.13. The fourth-order valence-corrected chi connectivity index (χ4v) is 3.13. The topological polar surface area (TPSA) is 89.8 Å². The molecule has 1 saturated heterocycles. The number of hydrogen-bond acceptors (Lipinski definition) is 5. The lowest BCUT2D eigenvalue weighted by atomic mass is 10.1. The highest BCUT2D eigenvalue weighted by Crippen LogP contribution is 2.27. The summed E-state index contributed by atoms with van der Waals surface area (Å²) >= 11 is 0. The molecule has 1 aliphatic rings. The van der Waals surface area contributed by atoms with Gasteiger partial charge in [0.05, 0.1) is 10.5 Å². The molecular weight excluding hydrogens is 360 g/mol. The fraction of sp³-hybridized carbons (Fsp3) is 0.238. The predicted octanol–water partition coefficient (Wildman–Crippen LogP) is 4.04. The van der Waals surface area contributed by atoms with E-state index in [4.69, 9.17) is 4.74 Å². The zero-order valence-corrected chi connectivity index (χ0v) is 15.4. The first-order chi connectivity index (χ1) is 13.5. The summed E-state index contributed by atoms with van der Waals surface area (Å²) in [6, 6.07) is 13.5. The molecule has 0 aromatic heterocycles. The monoisotopic (exact) mass is 380 g/mol. The van der Waals surface area contributed by atoms with Crippen LogP contribution in [0.2, 0.25) is 0 Å². The number of benzene rings is 2. The van der Waals surface area contributed by atoms with E-state index < -0.39 is 17.0 Å². The van der Waals surface area contributed by atoms with Crippen molar-refractivity contribution >= 4 is 29.3 Å². The van der Waals surface area contributed by atoms with E-state index in [1.54, 1.807) is 36.1 Å². The Morgan fingerprint density at radius 2 is 1.93 bits per heavy atom. The minimum Gasteiger partial charge on any atom is -0.454 e. The van der Waals surface area contributed by atoms with Crippen molar-refractivity contribution in [2.75, 3.05) is 11.4 Å². The SMILES string of the molecule is CC(OC(=O)C=Cc1ccc(N2CCCC2=O)cc1)c1ccccc1[N+](=O)[O-]. The van der Waals surface area contributed by atoms with Gasteiger partial charge in [-0.1, -0.05) is 24.3 Å². The number of carbonyl (C=O) groups is 2. The molecule has 0 saturated carbocycles. The molecule has 1 heterocycles. The molecule has 1 unspecified atom stereocenters. The van der Waals surface area contributed by atoms with Crippen LogP contribution >= 0.6 is 0 Å². The van der Waals surface area contributed by atoms with E-state index in [-0.39, 0.29) is 11.6 Å². The number of amides is 1. The quantitative estimate of drug-likeness (QED) is 0.326. The molecule has 0 bridgehead atoms. The third-order valence-corrected chi connectivity index (χ3v) is 4.55. The highest BCUT2D eigenvalue weighted by Gasteiger charge is 2.22. The van der Waals surface area contributed by atoms with E-state index in [9.17, 15) is 19.7 Å². The van der Waals surface area contributed by atoms with E-state index in [2.05, 4.69) is 0 Å². The number of ether oxygens (including phenoxy) is 1. The van der Waals surface area contributed by atoms with E-state index in [0.29, 0.717) is 12.0 Å². The maximum atomic E-state index is 12.1. The standard InChI is InChI=1S/C21H20N2O5/c1-15(18-5-2-3-6-19(18)23(26)27)28-21(25)13-10-16-8-11-17(12-9-16)22-14-4-7-20(22)24/h2-3,5-6,8-13,15H,4,7,14H2,1H3. The number of anilines is 1. The van der Waals surface area contributed by atoms with Crippen LogP contribution in [0.4, 0.5) is 11.4 Å². The van der Waals surface area contributed by atoms with Crippen LogP contribution in [0.3, 0.4) is 0 Å². The van der Waals surface area contributed by atoms with Gasteiger partial charge in [-0.25, -0.2) is 4.79 Å². The minimum absolute atomic E-state index is 0.0844. The molecule has 7 heteroatoms. The van der Waals surface area contributed by atoms with Crippen LogP contribution in [0.15, 0.2) is 54.6 Å². The molecule has 1 amide bonds. The van der Waals surface area contributed by atoms with Crippen molar-refractivity contribution in [2.45, 2.75) is 25.9 Å². The van der Waals surface area contributed by atoms with Crippen LogP contribution in [0.25, 0.3) is 6.08 Å². The molecule has 1 fully saturated rings. The van der Waals surface area contributed by atoms with Gasteiger partial charge in [0, 0.05) is 30.8 Å². The number of para-hydroxylation sites is 1. The number of nitro groups is 1. The van der Waals surface area contributed by atoms with Gasteiger partial charge in [-0.15, -0.1) is 0 Å². The van der Waals surface area contributed by atoms with Crippen molar-refractivity contribution in [1.82, 2.24) is 0 Å². The van der Waals surface area contributed by atoms with Gasteiger partial charge in [-0.3, -0.25) is 14.9 Å². The lowest BCUT2D eigenvalue weighted by molar-refractivity contribution is -0.386. The number of esters is 1. The second-order valence-corrected chi connectivity index (χ2v) is 6.47. The molecule has 1 aliphatic heterocycles. The Labute approximate surface area is 162 Å². The molecule has 1 atom stereocenters. The molecule has 144 valence electrons. The summed E-state index contributed by atoms with van der Waals surface area (Å²) in [5.74, 6) is -0.472. The first-order valence-electron chi connectivity index (χ1n) is 8.98. The summed E-state index contributed by atoms with van der Waals surface area (Å²) < 4.78 is 5.28. The minimum atomic E-state index is -0.748. The first kappa shape index (κ1) is 19.3. The van der Waals surface area contributed by atoms with E-state index in [0.717, 1.165) is 24.2 Å². The second kappa shape index (κ2) is 8.47. The van der Waals surface area contributed by atoms with Crippen LogP contribution in [-0.2, 0) is 14.3 Å². The van der Waals surface area contributed by atoms with Gasteiger partial charge < -0.3 is 9.64 Å². The van der Waals surface area contributed by atoms with E-state index >= 15 is 0 Å². The third kappa shape index (κ3) is 4.43. The lowest BCUT2D eigenvalue weighted by Crippen LogP contribution is -2.23. The maximum Gasteiger partial charge on any atom is 0.331 e. The van der Waals surface area contributed by atoms with Crippen molar-refractivity contribution in [2.24, 2.45) is 0 Å². The number of nitrogens with zero attached hydrogens (tertiary/aromatic N) is 2. The molecule has 0 radical (unpaired) electrons. The summed E-state index contributed by atoms with van der Waals surface area (Å²) in [5.41, 5.74) is 1.88. The smallest absolute Gasteiger partial charge is 0.331 e. The zero-order valence-electron chi connectivity index (χ0n) is 15.4. The highest BCUT2D eigenvalue weighted by atomic mass is 16.6. The van der Waals surface area contributed by atoms with Gasteiger partial charge in [-0.2, -0.15) is 0 Å². The van der Waals surface area contributed by atoms with Crippen molar-refractivity contribution in [1.29, 1.82) is 0 Å². The Bertz CT molecular complexity index is 921. The molecule has 2 aromatic carbocycles. The van der Waals surface area contributed by atoms with Crippen molar-refractivity contribution in [3.63, 3.8) is 0 Å². The number of nitro benzene ring substituents is 1. The normalized spacial score (nSPS) is 15.0. The molecule has 3 rings (SSSR count). The molecule has 2 aromatic rings. The third-order valence-electron chi connectivity index (χ3n) is 4.55. The predicted molar refractivity (Wildman–Crippen MR) is 105 cm³/mol. The lowest BCUT2D eigenvalue weighted by Gasteiger charge is -2.15. The molecule has 28 heavy (non-hydrogen) atoms. The first-order valence-corrected chi connectivity index (χ1v) is 8.98. The molecule has 7 nitrogen and oxygen atoms in total. The van der Waals surface area contributed by atoms with Crippen LogP contribution in [0, 0.1) is 10.1 Å². The molecular formula is C21H20N2O5. The Kier molecular flexibility index (Phi) is 5.84. The summed E-state index contributed by atoms with van der Waals surface area (Å²) in [4.78, 5) is 36.2. The Morgan fingerprint density at radius 3 is 2.57 bits per heavy atom. The average molecular weight is 380 g/mol. The van der Waals surface area contributed by atoms with Crippen molar-refractivity contribution < 1.29 is 19.2 Å². The number of rotatable bonds is 6. The molecule has 0 N–H and O–H groups in total. The Morgan fingerprint density at radius 1 is 1.21 bits per heavy atom. The summed E-state index contributed by atoms with van der Waals surface area (Å²) in [6.07, 6.45) is 3.57. The second-order valence-electron chi connectivity index (χ2n) is 6.47. The summed E-state index contributed by atoms with van der Waals surface area (Å²) in [5, 5.41) is 11.1. The van der Waals surface area contributed by atoms with Gasteiger partial charge in [0.1, 0.15) is 6.10 Å². The largest absolute Gasteiger partial charge is 0.454 e. The summed E-state index contributed by atoms with van der Waals surface area (Å²) in [7, 11) is 0. The highest BCUT2D eigenvalue weighted by molar-refractivity contribution is 5.95. The van der Waals surface area contributed by atoms with Gasteiger partial charge in [0.2, 0.25) is 5.91 Å². The van der Waals surface area contributed by atoms with Crippen molar-refractivity contribution in [3.8, 4) is 0 Å². The maximum absolute atomic E-state index is 12.1. The average Bonchev–Trinajstić information content (AvgIpc) is 3.12. The van der Waals surface area contributed by atoms with Crippen LogP contribution < -0.4 is 4.90 Å². The van der Waals surface area contributed by atoms with E-state index in [1.807, 2.05) is 24.3 Å². The number of carbonyl (C=O) groups excluding carboxylic acids is 2. The molecule has 0 spiro atoms. The van der Waals surface area contributed by atoms with Crippen LogP contribution in [-0.4, -0.2) is 23.3 Å². The van der Waals surface area contributed by atoms with Gasteiger partial charge in [0.25, 0.3) is 5.69 Å². The van der Waals surface area contributed by atoms with Gasteiger partial charge in [-0.05, 0) is 43.2 Å². The zero-order chi connectivity index (χ0) is 20.1. The van der Waals surface area contributed by atoms with Crippen LogP contribution in [0.5, 0.6) is 0 Å². The Hall–Kier alpha value is -3.48. The van der Waals surface area contributed by atoms with Crippen molar-refractivity contribution in [3.05, 3.63) is 75.8 Å². The van der Waals surface area contributed by atoms with E-state index in [1.165, 1.54) is 12.1 Å². The summed E-state index contributed by atoms with van der Waals surface area (Å²) in [6.45, 7) is 2.32. The van der Waals surface area contributed by atoms with Gasteiger partial charge >= 0.3 is 5.97 Å².